The van der Waals surface area contributed by atoms with Crippen LogP contribution in [0.4, 0.5) is 0 Å². The van der Waals surface area contributed by atoms with Gasteiger partial charge in [0.05, 0.1) is 6.04 Å². The van der Waals surface area contributed by atoms with E-state index in [0.717, 1.165) is 38.8 Å². The third-order valence-corrected chi connectivity index (χ3v) is 4.43. The van der Waals surface area contributed by atoms with E-state index in [1.165, 1.54) is 0 Å². The van der Waals surface area contributed by atoms with Gasteiger partial charge in [0.1, 0.15) is 0 Å². The molecular weight excluding hydrogens is 214 g/mol. The molecule has 2 rings (SSSR count). The predicted molar refractivity (Wildman–Crippen MR) is 68.9 cm³/mol. The lowest BCUT2D eigenvalue weighted by Crippen LogP contribution is -2.51. The number of rotatable bonds is 2. The van der Waals surface area contributed by atoms with Gasteiger partial charge in [-0.1, -0.05) is 0 Å². The summed E-state index contributed by atoms with van der Waals surface area (Å²) in [6.45, 7) is 4.34. The Bertz CT molecular complexity index is 276. The fourth-order valence-corrected chi connectivity index (χ4v) is 2.94. The average molecular weight is 239 g/mol. The third-order valence-electron chi connectivity index (χ3n) is 4.43. The first-order valence-electron chi connectivity index (χ1n) is 6.80. The van der Waals surface area contributed by atoms with Crippen molar-refractivity contribution in [2.24, 2.45) is 0 Å². The van der Waals surface area contributed by atoms with Crippen LogP contribution in [-0.2, 0) is 4.79 Å². The lowest BCUT2D eigenvalue weighted by molar-refractivity contribution is -0.135. The molecule has 0 aliphatic carbocycles. The Hall–Kier alpha value is -0.610. The fraction of sp³-hybridized carbons (Fsp3) is 0.923. The van der Waals surface area contributed by atoms with E-state index in [4.69, 9.17) is 0 Å². The maximum atomic E-state index is 12.3. The summed E-state index contributed by atoms with van der Waals surface area (Å²) in [5.41, 5.74) is 0. The van der Waals surface area contributed by atoms with Gasteiger partial charge in [0.15, 0.2) is 0 Å². The standard InChI is InChI=1S/C13H25N3O/c1-10-9-11(6-8-15(10)2)16(3)13(17)12-5-4-7-14-12/h10-12,14H,4-9H2,1-3H3/t10-,11-,12-/m1/s1. The van der Waals surface area contributed by atoms with Crippen LogP contribution in [0.15, 0.2) is 0 Å². The van der Waals surface area contributed by atoms with Crippen LogP contribution in [0.1, 0.15) is 32.6 Å². The number of piperidine rings is 1. The highest BCUT2D eigenvalue weighted by atomic mass is 16.2. The molecule has 2 saturated heterocycles. The predicted octanol–water partition coefficient (Wildman–Crippen LogP) is 0.680. The van der Waals surface area contributed by atoms with Crippen molar-refractivity contribution < 1.29 is 4.79 Å². The van der Waals surface area contributed by atoms with Crippen LogP contribution in [0.2, 0.25) is 0 Å². The van der Waals surface area contributed by atoms with Gasteiger partial charge in [-0.2, -0.15) is 0 Å². The molecule has 2 heterocycles. The molecule has 0 aromatic heterocycles. The second kappa shape index (κ2) is 5.36. The topological polar surface area (TPSA) is 35.6 Å². The van der Waals surface area contributed by atoms with Crippen LogP contribution in [0, 0.1) is 0 Å². The Morgan fingerprint density at radius 1 is 1.41 bits per heavy atom. The van der Waals surface area contributed by atoms with Crippen LogP contribution in [-0.4, -0.2) is 61.0 Å². The quantitative estimate of drug-likeness (QED) is 0.770. The van der Waals surface area contributed by atoms with Gasteiger partial charge in [-0.25, -0.2) is 0 Å². The minimum absolute atomic E-state index is 0.0787. The highest BCUT2D eigenvalue weighted by Crippen LogP contribution is 2.21. The zero-order valence-electron chi connectivity index (χ0n) is 11.3. The van der Waals surface area contributed by atoms with Gasteiger partial charge in [0.2, 0.25) is 5.91 Å². The SMILES string of the molecule is C[C@@H]1C[C@H](N(C)C(=O)[C@H]2CCCN2)CCN1C. The van der Waals surface area contributed by atoms with Crippen LogP contribution in [0.3, 0.4) is 0 Å². The zero-order valence-corrected chi connectivity index (χ0v) is 11.3. The third kappa shape index (κ3) is 2.80. The van der Waals surface area contributed by atoms with Gasteiger partial charge >= 0.3 is 0 Å². The van der Waals surface area contributed by atoms with Crippen molar-refractivity contribution in [1.29, 1.82) is 0 Å². The van der Waals surface area contributed by atoms with E-state index in [2.05, 4.69) is 24.2 Å². The molecule has 0 bridgehead atoms. The molecule has 98 valence electrons. The summed E-state index contributed by atoms with van der Waals surface area (Å²) < 4.78 is 0. The highest BCUT2D eigenvalue weighted by molar-refractivity contribution is 5.82. The second-order valence-corrected chi connectivity index (χ2v) is 5.61. The summed E-state index contributed by atoms with van der Waals surface area (Å²) in [6.07, 6.45) is 4.35. The molecule has 0 saturated carbocycles. The van der Waals surface area contributed by atoms with E-state index in [1.807, 2.05) is 11.9 Å². The molecule has 1 N–H and O–H groups in total. The number of nitrogens with zero attached hydrogens (tertiary/aromatic N) is 2. The van der Waals surface area contributed by atoms with Crippen molar-refractivity contribution in [2.45, 2.75) is 50.7 Å². The van der Waals surface area contributed by atoms with Gasteiger partial charge in [-0.05, 0) is 46.2 Å². The summed E-state index contributed by atoms with van der Waals surface area (Å²) in [4.78, 5) is 16.7. The van der Waals surface area contributed by atoms with Crippen LogP contribution in [0.5, 0.6) is 0 Å². The molecular formula is C13H25N3O. The first-order chi connectivity index (χ1) is 8.09. The Morgan fingerprint density at radius 3 is 2.76 bits per heavy atom. The van der Waals surface area contributed by atoms with E-state index < -0.39 is 0 Å². The average Bonchev–Trinajstić information content (AvgIpc) is 2.84. The van der Waals surface area contributed by atoms with Gasteiger partial charge in [0, 0.05) is 25.7 Å². The Labute approximate surface area is 104 Å². The lowest BCUT2D eigenvalue weighted by Gasteiger charge is -2.40. The number of hydrogen-bond acceptors (Lipinski definition) is 3. The molecule has 0 spiro atoms. The monoisotopic (exact) mass is 239 g/mol. The molecule has 17 heavy (non-hydrogen) atoms. The summed E-state index contributed by atoms with van der Waals surface area (Å²) in [7, 11) is 4.15. The van der Waals surface area contributed by atoms with Gasteiger partial charge < -0.3 is 15.1 Å². The molecule has 1 amide bonds. The summed E-state index contributed by atoms with van der Waals surface area (Å²) in [5, 5.41) is 3.29. The number of carbonyl (C=O) groups excluding carboxylic acids is 1. The first-order valence-corrected chi connectivity index (χ1v) is 6.80. The van der Waals surface area contributed by atoms with E-state index in [0.29, 0.717) is 18.0 Å². The van der Waals surface area contributed by atoms with Crippen LogP contribution in [0.25, 0.3) is 0 Å². The fourth-order valence-electron chi connectivity index (χ4n) is 2.94. The van der Waals surface area contributed by atoms with E-state index in [9.17, 15) is 4.79 Å². The summed E-state index contributed by atoms with van der Waals surface area (Å²) in [5.74, 6) is 0.296. The maximum Gasteiger partial charge on any atom is 0.239 e. The van der Waals surface area contributed by atoms with Crippen LogP contribution < -0.4 is 5.32 Å². The summed E-state index contributed by atoms with van der Waals surface area (Å²) >= 11 is 0. The molecule has 2 aliphatic rings. The molecule has 0 aromatic rings. The Morgan fingerprint density at radius 2 is 2.18 bits per heavy atom. The molecule has 4 nitrogen and oxygen atoms in total. The minimum atomic E-state index is 0.0787. The minimum Gasteiger partial charge on any atom is -0.341 e. The van der Waals surface area contributed by atoms with Gasteiger partial charge in [-0.15, -0.1) is 0 Å². The molecule has 2 aliphatic heterocycles. The van der Waals surface area contributed by atoms with Gasteiger partial charge in [0.25, 0.3) is 0 Å². The number of likely N-dealkylation sites (tertiary alicyclic amines) is 1. The first kappa shape index (κ1) is 12.8. The number of hydrogen-bond donors (Lipinski definition) is 1. The van der Waals surface area contributed by atoms with Crippen molar-refractivity contribution in [1.82, 2.24) is 15.1 Å². The number of nitrogens with one attached hydrogen (secondary N) is 1. The smallest absolute Gasteiger partial charge is 0.239 e. The number of carbonyl (C=O) groups is 1. The Balaban J connectivity index is 1.90. The van der Waals surface area contributed by atoms with Crippen molar-refractivity contribution in [3.05, 3.63) is 0 Å². The summed E-state index contributed by atoms with van der Waals surface area (Å²) in [6, 6.07) is 1.09. The normalized spacial score (nSPS) is 34.9. The maximum absolute atomic E-state index is 12.3. The number of amides is 1. The molecule has 4 heteroatoms. The van der Waals surface area contributed by atoms with E-state index >= 15 is 0 Å². The van der Waals surface area contributed by atoms with Crippen molar-refractivity contribution >= 4 is 5.91 Å². The highest BCUT2D eigenvalue weighted by Gasteiger charge is 2.32. The lowest BCUT2D eigenvalue weighted by atomic mass is 9.97. The second-order valence-electron chi connectivity index (χ2n) is 5.61. The molecule has 0 unspecified atom stereocenters. The largest absolute Gasteiger partial charge is 0.341 e. The van der Waals surface area contributed by atoms with Crippen molar-refractivity contribution in [3.8, 4) is 0 Å². The molecule has 3 atom stereocenters. The van der Waals surface area contributed by atoms with Gasteiger partial charge in [-0.3, -0.25) is 4.79 Å². The zero-order chi connectivity index (χ0) is 12.4. The van der Waals surface area contributed by atoms with Crippen molar-refractivity contribution in [2.75, 3.05) is 27.2 Å². The van der Waals surface area contributed by atoms with E-state index in [1.54, 1.807) is 0 Å². The Kier molecular flexibility index (Phi) is 4.05. The number of likely N-dealkylation sites (N-methyl/N-ethyl adjacent to an activating group) is 1. The molecule has 0 radical (unpaired) electrons. The van der Waals surface area contributed by atoms with E-state index in [-0.39, 0.29) is 6.04 Å². The molecule has 0 aromatic carbocycles. The molecule has 2 fully saturated rings. The van der Waals surface area contributed by atoms with Crippen molar-refractivity contribution in [3.63, 3.8) is 0 Å². The van der Waals surface area contributed by atoms with Crippen LogP contribution >= 0.6 is 0 Å².